The monoisotopic (exact) mass is 359 g/mol. The zero-order valence-electron chi connectivity index (χ0n) is 14.3. The normalized spacial score (nSPS) is 10.3. The van der Waals surface area contributed by atoms with Crippen molar-refractivity contribution in [1.29, 1.82) is 0 Å². The van der Waals surface area contributed by atoms with Gasteiger partial charge in [-0.2, -0.15) is 0 Å². The number of benzene rings is 2. The van der Waals surface area contributed by atoms with Crippen LogP contribution in [0.3, 0.4) is 0 Å². The minimum absolute atomic E-state index is 0.0824. The summed E-state index contributed by atoms with van der Waals surface area (Å²) in [6.45, 7) is 0.853. The molecule has 0 bridgehead atoms. The SMILES string of the molecule is CSc1ccc(CN(C)C(=O)NCCc2ccccc2[N+](=O)[O-])cc1. The first-order chi connectivity index (χ1) is 12.0. The molecule has 0 aliphatic carbocycles. The number of amides is 2. The highest BCUT2D eigenvalue weighted by Gasteiger charge is 2.13. The fraction of sp³-hybridized carbons (Fsp3) is 0.278. The maximum atomic E-state index is 12.2. The number of nitrogens with zero attached hydrogens (tertiary/aromatic N) is 2. The number of urea groups is 1. The molecule has 132 valence electrons. The Morgan fingerprint density at radius 1 is 1.20 bits per heavy atom. The number of nitro benzene ring substituents is 1. The summed E-state index contributed by atoms with van der Waals surface area (Å²) in [5.41, 5.74) is 1.75. The van der Waals surface area contributed by atoms with Crippen LogP contribution in [-0.4, -0.2) is 35.7 Å². The second-order valence-corrected chi connectivity index (χ2v) is 6.45. The van der Waals surface area contributed by atoms with Crippen molar-refractivity contribution in [2.75, 3.05) is 19.8 Å². The summed E-state index contributed by atoms with van der Waals surface area (Å²) in [4.78, 5) is 25.5. The van der Waals surface area contributed by atoms with Crippen molar-refractivity contribution in [2.24, 2.45) is 0 Å². The van der Waals surface area contributed by atoms with Crippen molar-refractivity contribution >= 4 is 23.5 Å². The number of carbonyl (C=O) groups is 1. The highest BCUT2D eigenvalue weighted by molar-refractivity contribution is 7.98. The van der Waals surface area contributed by atoms with Crippen LogP contribution >= 0.6 is 11.8 Å². The molecule has 0 atom stereocenters. The molecule has 2 amide bonds. The molecule has 7 heteroatoms. The van der Waals surface area contributed by atoms with E-state index in [1.165, 1.54) is 11.0 Å². The predicted octanol–water partition coefficient (Wildman–Crippen LogP) is 3.70. The van der Waals surface area contributed by atoms with Gasteiger partial charge in [0.05, 0.1) is 4.92 Å². The van der Waals surface area contributed by atoms with Crippen LogP contribution in [0.5, 0.6) is 0 Å². The second kappa shape index (κ2) is 9.08. The molecule has 0 aliphatic rings. The standard InChI is InChI=1S/C18H21N3O3S/c1-20(13-14-7-9-16(25-2)10-8-14)18(22)19-12-11-15-5-3-4-6-17(15)21(23)24/h3-10H,11-13H2,1-2H3,(H,19,22). The molecule has 0 fully saturated rings. The predicted molar refractivity (Wildman–Crippen MR) is 99.9 cm³/mol. The summed E-state index contributed by atoms with van der Waals surface area (Å²) >= 11 is 1.67. The molecule has 0 unspecified atom stereocenters. The Morgan fingerprint density at radius 2 is 1.88 bits per heavy atom. The average molecular weight is 359 g/mol. The molecule has 0 saturated carbocycles. The zero-order valence-corrected chi connectivity index (χ0v) is 15.1. The largest absolute Gasteiger partial charge is 0.338 e. The van der Waals surface area contributed by atoms with Gasteiger partial charge in [-0.25, -0.2) is 4.79 Å². The first-order valence-corrected chi connectivity index (χ1v) is 9.08. The van der Waals surface area contributed by atoms with E-state index in [1.807, 2.05) is 30.5 Å². The Kier molecular flexibility index (Phi) is 6.82. The maximum absolute atomic E-state index is 12.2. The lowest BCUT2D eigenvalue weighted by molar-refractivity contribution is -0.385. The molecule has 25 heavy (non-hydrogen) atoms. The van der Waals surface area contributed by atoms with Crippen LogP contribution in [0.25, 0.3) is 0 Å². The second-order valence-electron chi connectivity index (χ2n) is 5.57. The summed E-state index contributed by atoms with van der Waals surface area (Å²) in [5.74, 6) is 0. The number of nitro groups is 1. The number of hydrogen-bond donors (Lipinski definition) is 1. The van der Waals surface area contributed by atoms with E-state index in [0.29, 0.717) is 25.1 Å². The van der Waals surface area contributed by atoms with E-state index in [2.05, 4.69) is 5.32 Å². The topological polar surface area (TPSA) is 75.5 Å². The number of hydrogen-bond acceptors (Lipinski definition) is 4. The first-order valence-electron chi connectivity index (χ1n) is 7.85. The van der Waals surface area contributed by atoms with Gasteiger partial charge in [0.2, 0.25) is 0 Å². The van der Waals surface area contributed by atoms with E-state index in [9.17, 15) is 14.9 Å². The minimum Gasteiger partial charge on any atom is -0.338 e. The molecule has 0 saturated heterocycles. The van der Waals surface area contributed by atoms with Crippen molar-refractivity contribution < 1.29 is 9.72 Å². The van der Waals surface area contributed by atoms with Crippen molar-refractivity contribution in [3.63, 3.8) is 0 Å². The number of carbonyl (C=O) groups excluding carboxylic acids is 1. The molecule has 0 heterocycles. The summed E-state index contributed by atoms with van der Waals surface area (Å²) in [6.07, 6.45) is 2.44. The summed E-state index contributed by atoms with van der Waals surface area (Å²) in [6, 6.07) is 14.4. The number of thioether (sulfide) groups is 1. The third kappa shape index (κ3) is 5.49. The number of nitrogens with one attached hydrogen (secondary N) is 1. The van der Waals surface area contributed by atoms with Crippen LogP contribution in [0.1, 0.15) is 11.1 Å². The zero-order chi connectivity index (χ0) is 18.2. The van der Waals surface area contributed by atoms with E-state index >= 15 is 0 Å². The van der Waals surface area contributed by atoms with Gasteiger partial charge in [-0.1, -0.05) is 30.3 Å². The van der Waals surface area contributed by atoms with Gasteiger partial charge in [-0.05, 0) is 30.4 Å². The fourth-order valence-electron chi connectivity index (χ4n) is 2.42. The van der Waals surface area contributed by atoms with Gasteiger partial charge in [0, 0.05) is 36.7 Å². The average Bonchev–Trinajstić information content (AvgIpc) is 2.62. The fourth-order valence-corrected chi connectivity index (χ4v) is 2.82. The van der Waals surface area contributed by atoms with E-state index < -0.39 is 4.92 Å². The Hall–Kier alpha value is -2.54. The molecule has 0 aliphatic heterocycles. The van der Waals surface area contributed by atoms with Crippen LogP contribution in [0, 0.1) is 10.1 Å². The van der Waals surface area contributed by atoms with Gasteiger partial charge in [0.15, 0.2) is 0 Å². The van der Waals surface area contributed by atoms with Crippen molar-refractivity contribution in [2.45, 2.75) is 17.9 Å². The molecule has 2 aromatic rings. The minimum atomic E-state index is -0.401. The van der Waals surface area contributed by atoms with E-state index in [0.717, 1.165) is 5.56 Å². The molecule has 6 nitrogen and oxygen atoms in total. The summed E-state index contributed by atoms with van der Waals surface area (Å²) < 4.78 is 0. The van der Waals surface area contributed by atoms with Crippen LogP contribution in [0.4, 0.5) is 10.5 Å². The summed E-state index contributed by atoms with van der Waals surface area (Å²) in [7, 11) is 1.72. The molecule has 2 rings (SSSR count). The van der Waals surface area contributed by atoms with Crippen LogP contribution in [0.2, 0.25) is 0 Å². The van der Waals surface area contributed by atoms with Gasteiger partial charge in [-0.15, -0.1) is 11.8 Å². The Balaban J connectivity index is 1.84. The quantitative estimate of drug-likeness (QED) is 0.465. The smallest absolute Gasteiger partial charge is 0.317 e. The molecule has 2 aromatic carbocycles. The van der Waals surface area contributed by atoms with Crippen molar-refractivity contribution in [3.8, 4) is 0 Å². The number of para-hydroxylation sites is 1. The van der Waals surface area contributed by atoms with E-state index in [4.69, 9.17) is 0 Å². The number of rotatable bonds is 7. The van der Waals surface area contributed by atoms with Crippen LogP contribution in [-0.2, 0) is 13.0 Å². The van der Waals surface area contributed by atoms with Gasteiger partial charge in [-0.3, -0.25) is 10.1 Å². The lowest BCUT2D eigenvalue weighted by atomic mass is 10.1. The maximum Gasteiger partial charge on any atom is 0.317 e. The molecule has 0 aromatic heterocycles. The van der Waals surface area contributed by atoms with E-state index in [1.54, 1.807) is 41.9 Å². The van der Waals surface area contributed by atoms with Crippen molar-refractivity contribution in [1.82, 2.24) is 10.2 Å². The van der Waals surface area contributed by atoms with E-state index in [-0.39, 0.29) is 11.7 Å². The first kappa shape index (κ1) is 18.8. The Morgan fingerprint density at radius 3 is 2.52 bits per heavy atom. The van der Waals surface area contributed by atoms with Gasteiger partial charge in [0.25, 0.3) is 5.69 Å². The highest BCUT2D eigenvalue weighted by atomic mass is 32.2. The van der Waals surface area contributed by atoms with Gasteiger partial charge in [0.1, 0.15) is 0 Å². The summed E-state index contributed by atoms with van der Waals surface area (Å²) in [5, 5.41) is 13.8. The lowest BCUT2D eigenvalue weighted by Crippen LogP contribution is -2.37. The third-order valence-electron chi connectivity index (χ3n) is 3.78. The van der Waals surface area contributed by atoms with Gasteiger partial charge < -0.3 is 10.2 Å². The Labute approximate surface area is 151 Å². The lowest BCUT2D eigenvalue weighted by Gasteiger charge is -2.18. The van der Waals surface area contributed by atoms with Crippen molar-refractivity contribution in [3.05, 3.63) is 69.8 Å². The Bertz CT molecular complexity index is 735. The molecule has 0 spiro atoms. The third-order valence-corrected chi connectivity index (χ3v) is 4.53. The van der Waals surface area contributed by atoms with Crippen LogP contribution in [0.15, 0.2) is 53.4 Å². The molecule has 1 N–H and O–H groups in total. The molecule has 0 radical (unpaired) electrons. The van der Waals surface area contributed by atoms with Crippen LogP contribution < -0.4 is 5.32 Å². The highest BCUT2D eigenvalue weighted by Crippen LogP contribution is 2.18. The molecular formula is C18H21N3O3S. The molecular weight excluding hydrogens is 338 g/mol. The van der Waals surface area contributed by atoms with Gasteiger partial charge >= 0.3 is 6.03 Å².